The van der Waals surface area contributed by atoms with Gasteiger partial charge in [-0.2, -0.15) is 4.57 Å². The molecule has 0 spiro atoms. The summed E-state index contributed by atoms with van der Waals surface area (Å²) in [6.45, 7) is 0.673. The van der Waals surface area contributed by atoms with Gasteiger partial charge in [0, 0.05) is 23.1 Å². The smallest absolute Gasteiger partial charge is 0.225 e. The van der Waals surface area contributed by atoms with E-state index in [2.05, 4.69) is 22.8 Å². The van der Waals surface area contributed by atoms with Crippen molar-refractivity contribution >= 4 is 20.9 Å². The molecular weight excluding hydrogens is 284 g/mol. The van der Waals surface area contributed by atoms with Gasteiger partial charge in [-0.25, -0.2) is 13.6 Å². The van der Waals surface area contributed by atoms with Gasteiger partial charge in [-0.15, -0.1) is 0 Å². The van der Waals surface area contributed by atoms with Crippen LogP contribution in [0.15, 0.2) is 71.8 Å². The van der Waals surface area contributed by atoms with Gasteiger partial charge in [0.25, 0.3) is 0 Å². The molecule has 1 heterocycles. The molecule has 2 aromatic carbocycles. The molecule has 3 aromatic rings. The van der Waals surface area contributed by atoms with E-state index < -0.39 is 10.0 Å². The van der Waals surface area contributed by atoms with E-state index >= 15 is 0 Å². The summed E-state index contributed by atoms with van der Waals surface area (Å²) in [5.74, 6) is 0. The highest BCUT2D eigenvalue weighted by atomic mass is 32.2. The molecule has 0 fully saturated rings. The quantitative estimate of drug-likeness (QED) is 0.750. The Kier molecular flexibility index (Phi) is 3.45. The molecule has 106 valence electrons. The second kappa shape index (κ2) is 5.27. The second-order valence-electron chi connectivity index (χ2n) is 4.88. The zero-order chi connectivity index (χ0) is 14.9. The number of rotatable bonds is 3. The Hall–Kier alpha value is -2.24. The first-order valence-corrected chi connectivity index (χ1v) is 8.08. The summed E-state index contributed by atoms with van der Waals surface area (Å²) < 4.78 is 24.6. The van der Waals surface area contributed by atoms with Gasteiger partial charge in [0.1, 0.15) is 0 Å². The average molecular weight is 299 g/mol. The van der Waals surface area contributed by atoms with E-state index in [9.17, 15) is 8.42 Å². The van der Waals surface area contributed by atoms with Crippen molar-refractivity contribution in [3.8, 4) is 0 Å². The predicted molar refractivity (Wildman–Crippen MR) is 81.1 cm³/mol. The summed E-state index contributed by atoms with van der Waals surface area (Å²) in [5, 5.41) is 6.27. The van der Waals surface area contributed by atoms with E-state index in [0.717, 1.165) is 11.1 Å². The van der Waals surface area contributed by atoms with Crippen molar-refractivity contribution in [1.29, 1.82) is 0 Å². The van der Waals surface area contributed by atoms with Crippen LogP contribution in [-0.4, -0.2) is 8.42 Å². The molecule has 0 unspecified atom stereocenters. The number of para-hydroxylation sites is 1. The number of nitrogens with zero attached hydrogens (tertiary/aromatic N) is 1. The molecule has 2 N–H and O–H groups in total. The topological polar surface area (TPSA) is 64.0 Å². The molecule has 5 heteroatoms. The van der Waals surface area contributed by atoms with E-state index in [1.165, 1.54) is 17.5 Å². The van der Waals surface area contributed by atoms with Crippen molar-refractivity contribution in [3.63, 3.8) is 0 Å². The molecular formula is C16H15N2O2S+. The van der Waals surface area contributed by atoms with E-state index in [0.29, 0.717) is 6.54 Å². The highest BCUT2D eigenvalue weighted by molar-refractivity contribution is 7.89. The predicted octanol–water partition coefficient (Wildman–Crippen LogP) is 1.82. The van der Waals surface area contributed by atoms with Gasteiger partial charge < -0.3 is 0 Å². The number of pyridine rings is 1. The standard InChI is InChI=1S/C16H15N2O2S/c17-21(19,20)15-9-7-13(8-10-15)12-18-11-3-5-14-4-1-2-6-16(14)18/h1-11H,12H2,(H2,17,19,20)/q+1. The monoisotopic (exact) mass is 299 g/mol. The van der Waals surface area contributed by atoms with Gasteiger partial charge in [-0.05, 0) is 24.3 Å². The lowest BCUT2D eigenvalue weighted by Gasteiger charge is -2.03. The molecule has 0 radical (unpaired) electrons. The number of fused-ring (bicyclic) bond motifs is 1. The SMILES string of the molecule is NS(=O)(=O)c1ccc(C[n+]2cccc3ccccc32)cc1. The molecule has 0 saturated heterocycles. The fraction of sp³-hybridized carbons (Fsp3) is 0.0625. The Morgan fingerprint density at radius 3 is 2.29 bits per heavy atom. The van der Waals surface area contributed by atoms with Crippen LogP contribution in [-0.2, 0) is 16.6 Å². The number of hydrogen-bond donors (Lipinski definition) is 1. The van der Waals surface area contributed by atoms with E-state index in [-0.39, 0.29) is 4.90 Å². The van der Waals surface area contributed by atoms with Crippen LogP contribution in [0.2, 0.25) is 0 Å². The Labute approximate surface area is 123 Å². The summed E-state index contributed by atoms with van der Waals surface area (Å²) in [7, 11) is -3.63. The van der Waals surface area contributed by atoms with Crippen LogP contribution in [0, 0.1) is 0 Å². The lowest BCUT2D eigenvalue weighted by atomic mass is 10.2. The fourth-order valence-corrected chi connectivity index (χ4v) is 2.86. The first kappa shape index (κ1) is 13.7. The van der Waals surface area contributed by atoms with Crippen LogP contribution in [0.1, 0.15) is 5.56 Å². The highest BCUT2D eigenvalue weighted by Gasteiger charge is 2.10. The minimum atomic E-state index is -3.63. The van der Waals surface area contributed by atoms with E-state index in [1.807, 2.05) is 24.4 Å². The van der Waals surface area contributed by atoms with Crippen LogP contribution in [0.25, 0.3) is 10.9 Å². The first-order chi connectivity index (χ1) is 10.0. The van der Waals surface area contributed by atoms with Crippen LogP contribution >= 0.6 is 0 Å². The first-order valence-electron chi connectivity index (χ1n) is 6.53. The number of benzene rings is 2. The second-order valence-corrected chi connectivity index (χ2v) is 6.45. The molecule has 4 nitrogen and oxygen atoms in total. The largest absolute Gasteiger partial charge is 0.238 e. The normalized spacial score (nSPS) is 11.7. The van der Waals surface area contributed by atoms with Gasteiger partial charge in [0.05, 0.1) is 4.90 Å². The maximum atomic E-state index is 11.2. The molecule has 0 amide bonds. The van der Waals surface area contributed by atoms with Gasteiger partial charge in [-0.3, -0.25) is 0 Å². The van der Waals surface area contributed by atoms with Crippen molar-refractivity contribution in [2.45, 2.75) is 11.4 Å². The van der Waals surface area contributed by atoms with Crippen LogP contribution in [0.3, 0.4) is 0 Å². The molecule has 0 aliphatic rings. The molecule has 0 aliphatic heterocycles. The third kappa shape index (κ3) is 2.94. The number of aromatic nitrogens is 1. The summed E-state index contributed by atoms with van der Waals surface area (Å²) in [6.07, 6.45) is 2.01. The molecule has 0 aliphatic carbocycles. The molecule has 1 aromatic heterocycles. The Balaban J connectivity index is 1.96. The Bertz CT molecular complexity index is 882. The van der Waals surface area contributed by atoms with Crippen LogP contribution in [0.5, 0.6) is 0 Å². The lowest BCUT2D eigenvalue weighted by molar-refractivity contribution is -0.662. The summed E-state index contributed by atoms with van der Waals surface area (Å²) in [5.41, 5.74) is 2.15. The third-order valence-electron chi connectivity index (χ3n) is 3.39. The Morgan fingerprint density at radius 1 is 0.905 bits per heavy atom. The maximum Gasteiger partial charge on any atom is 0.238 e. The maximum absolute atomic E-state index is 11.2. The van der Waals surface area contributed by atoms with Crippen molar-refractivity contribution in [2.75, 3.05) is 0 Å². The van der Waals surface area contributed by atoms with Crippen molar-refractivity contribution in [3.05, 3.63) is 72.4 Å². The zero-order valence-corrected chi connectivity index (χ0v) is 12.1. The lowest BCUT2D eigenvalue weighted by Crippen LogP contribution is -2.34. The van der Waals surface area contributed by atoms with Crippen molar-refractivity contribution < 1.29 is 13.0 Å². The number of nitrogens with two attached hydrogens (primary N) is 1. The molecule has 0 saturated carbocycles. The minimum Gasteiger partial charge on any atom is -0.225 e. The fourth-order valence-electron chi connectivity index (χ4n) is 2.34. The van der Waals surface area contributed by atoms with Crippen LogP contribution in [0.4, 0.5) is 0 Å². The van der Waals surface area contributed by atoms with Gasteiger partial charge in [-0.1, -0.05) is 24.3 Å². The number of sulfonamides is 1. The Morgan fingerprint density at radius 2 is 1.57 bits per heavy atom. The van der Waals surface area contributed by atoms with Gasteiger partial charge in [0.15, 0.2) is 12.7 Å². The van der Waals surface area contributed by atoms with Gasteiger partial charge >= 0.3 is 0 Å². The van der Waals surface area contributed by atoms with Gasteiger partial charge in [0.2, 0.25) is 15.5 Å². The van der Waals surface area contributed by atoms with Crippen LogP contribution < -0.4 is 9.71 Å². The average Bonchev–Trinajstić information content (AvgIpc) is 2.47. The van der Waals surface area contributed by atoms with E-state index in [1.54, 1.807) is 12.1 Å². The zero-order valence-electron chi connectivity index (χ0n) is 11.3. The minimum absolute atomic E-state index is 0.133. The summed E-state index contributed by atoms with van der Waals surface area (Å²) in [4.78, 5) is 0.133. The van der Waals surface area contributed by atoms with E-state index in [4.69, 9.17) is 5.14 Å². The number of primary sulfonamides is 1. The molecule has 21 heavy (non-hydrogen) atoms. The van der Waals surface area contributed by atoms with Crippen molar-refractivity contribution in [2.24, 2.45) is 5.14 Å². The highest BCUT2D eigenvalue weighted by Crippen LogP contribution is 2.11. The van der Waals surface area contributed by atoms with Crippen molar-refractivity contribution in [1.82, 2.24) is 0 Å². The summed E-state index contributed by atoms with van der Waals surface area (Å²) in [6, 6.07) is 18.9. The summed E-state index contributed by atoms with van der Waals surface area (Å²) >= 11 is 0. The number of hydrogen-bond acceptors (Lipinski definition) is 2. The third-order valence-corrected chi connectivity index (χ3v) is 4.32. The molecule has 0 bridgehead atoms. The molecule has 0 atom stereocenters. The molecule has 3 rings (SSSR count).